The molecule has 1 N–H and O–H groups in total. The number of aromatic nitrogens is 3. The van der Waals surface area contributed by atoms with Crippen molar-refractivity contribution in [3.05, 3.63) is 12.2 Å². The molecule has 0 aliphatic rings. The van der Waals surface area contributed by atoms with Crippen LogP contribution in [0, 0.1) is 5.92 Å². The average Bonchev–Trinajstić information content (AvgIpc) is 2.50. The summed E-state index contributed by atoms with van der Waals surface area (Å²) in [5, 5.41) is 14.0. The molecular formula is C11H19N3O2. The highest BCUT2D eigenvalue weighted by atomic mass is 16.3. The van der Waals surface area contributed by atoms with Crippen LogP contribution < -0.4 is 0 Å². The molecular weight excluding hydrogens is 206 g/mol. The van der Waals surface area contributed by atoms with Crippen LogP contribution in [0.3, 0.4) is 0 Å². The van der Waals surface area contributed by atoms with Gasteiger partial charge in [0.2, 0.25) is 0 Å². The normalized spacial score (nSPS) is 15.1. The molecule has 90 valence electrons. The Morgan fingerprint density at radius 3 is 2.88 bits per heavy atom. The molecule has 0 amide bonds. The third-order valence-electron chi connectivity index (χ3n) is 2.30. The standard InChI is InChI=1S/C11H19N3O2/c1-9(2)7-14-10(12-8-13-14)6-11(3,16)4-5-15/h5,8-9,16H,4,6-7H2,1-3H3. The molecule has 0 bridgehead atoms. The monoisotopic (exact) mass is 225 g/mol. The second kappa shape index (κ2) is 5.21. The predicted octanol–water partition coefficient (Wildman–Crippen LogP) is 0.817. The number of hydrogen-bond donors (Lipinski definition) is 1. The second-order valence-electron chi connectivity index (χ2n) is 4.80. The third kappa shape index (κ3) is 3.73. The Balaban J connectivity index is 2.73. The van der Waals surface area contributed by atoms with Crippen LogP contribution in [0.2, 0.25) is 0 Å². The lowest BCUT2D eigenvalue weighted by Gasteiger charge is -2.20. The molecule has 1 aromatic heterocycles. The SMILES string of the molecule is CC(C)Cn1ncnc1CC(C)(O)CC=O. The largest absolute Gasteiger partial charge is 0.389 e. The molecule has 0 aliphatic carbocycles. The smallest absolute Gasteiger partial charge is 0.138 e. The van der Waals surface area contributed by atoms with E-state index < -0.39 is 5.60 Å². The molecule has 5 nitrogen and oxygen atoms in total. The summed E-state index contributed by atoms with van der Waals surface area (Å²) >= 11 is 0. The molecule has 1 unspecified atom stereocenters. The molecule has 16 heavy (non-hydrogen) atoms. The number of nitrogens with zero attached hydrogens (tertiary/aromatic N) is 3. The van der Waals surface area contributed by atoms with Gasteiger partial charge in [0.25, 0.3) is 0 Å². The van der Waals surface area contributed by atoms with Crippen LogP contribution in [-0.2, 0) is 17.8 Å². The number of hydrogen-bond acceptors (Lipinski definition) is 4. The Kier molecular flexibility index (Phi) is 4.18. The molecule has 1 aromatic rings. The van der Waals surface area contributed by atoms with Crippen molar-refractivity contribution in [2.75, 3.05) is 0 Å². The summed E-state index contributed by atoms with van der Waals surface area (Å²) in [7, 11) is 0. The molecule has 5 heteroatoms. The van der Waals surface area contributed by atoms with Gasteiger partial charge in [0.15, 0.2) is 0 Å². The minimum atomic E-state index is -1.04. The first kappa shape index (κ1) is 12.8. The van der Waals surface area contributed by atoms with E-state index in [4.69, 9.17) is 0 Å². The van der Waals surface area contributed by atoms with Gasteiger partial charge < -0.3 is 9.90 Å². The number of aldehydes is 1. The number of aliphatic hydroxyl groups is 1. The van der Waals surface area contributed by atoms with Crippen LogP contribution in [0.15, 0.2) is 6.33 Å². The van der Waals surface area contributed by atoms with Crippen molar-refractivity contribution in [2.45, 2.75) is 45.8 Å². The molecule has 0 saturated carbocycles. The van der Waals surface area contributed by atoms with E-state index in [-0.39, 0.29) is 6.42 Å². The van der Waals surface area contributed by atoms with E-state index in [2.05, 4.69) is 23.9 Å². The minimum Gasteiger partial charge on any atom is -0.389 e. The van der Waals surface area contributed by atoms with Gasteiger partial charge >= 0.3 is 0 Å². The zero-order valence-corrected chi connectivity index (χ0v) is 10.1. The summed E-state index contributed by atoms with van der Waals surface area (Å²) in [6, 6.07) is 0. The molecule has 0 spiro atoms. The third-order valence-corrected chi connectivity index (χ3v) is 2.30. The van der Waals surface area contributed by atoms with Gasteiger partial charge in [-0.05, 0) is 12.8 Å². The maximum atomic E-state index is 10.4. The molecule has 0 aromatic carbocycles. The molecule has 0 saturated heterocycles. The molecule has 0 fully saturated rings. The van der Waals surface area contributed by atoms with Crippen LogP contribution in [0.1, 0.15) is 33.0 Å². The first-order chi connectivity index (χ1) is 7.44. The lowest BCUT2D eigenvalue weighted by molar-refractivity contribution is -0.111. The van der Waals surface area contributed by atoms with Gasteiger partial charge in [0.05, 0.1) is 5.60 Å². The Hall–Kier alpha value is -1.23. The fourth-order valence-electron chi connectivity index (χ4n) is 1.52. The summed E-state index contributed by atoms with van der Waals surface area (Å²) < 4.78 is 1.78. The quantitative estimate of drug-likeness (QED) is 0.728. The highest BCUT2D eigenvalue weighted by Gasteiger charge is 2.23. The van der Waals surface area contributed by atoms with E-state index in [0.717, 1.165) is 18.7 Å². The van der Waals surface area contributed by atoms with Crippen molar-refractivity contribution in [3.63, 3.8) is 0 Å². The van der Waals surface area contributed by atoms with E-state index in [9.17, 15) is 9.90 Å². The lowest BCUT2D eigenvalue weighted by atomic mass is 9.98. The molecule has 1 heterocycles. The summed E-state index contributed by atoms with van der Waals surface area (Å²) in [6.07, 6.45) is 2.66. The highest BCUT2D eigenvalue weighted by Crippen LogP contribution is 2.14. The first-order valence-corrected chi connectivity index (χ1v) is 5.47. The van der Waals surface area contributed by atoms with E-state index in [1.54, 1.807) is 11.6 Å². The Bertz CT molecular complexity index is 345. The topological polar surface area (TPSA) is 68.0 Å². The lowest BCUT2D eigenvalue weighted by Crippen LogP contribution is -2.29. The molecule has 0 aliphatic heterocycles. The van der Waals surface area contributed by atoms with Crippen molar-refractivity contribution < 1.29 is 9.90 Å². The number of rotatable bonds is 6. The molecule has 1 atom stereocenters. The van der Waals surface area contributed by atoms with E-state index in [0.29, 0.717) is 12.3 Å². The second-order valence-corrected chi connectivity index (χ2v) is 4.80. The average molecular weight is 225 g/mol. The van der Waals surface area contributed by atoms with Crippen LogP contribution in [0.5, 0.6) is 0 Å². The van der Waals surface area contributed by atoms with Crippen molar-refractivity contribution in [1.29, 1.82) is 0 Å². The molecule has 1 rings (SSSR count). The summed E-state index contributed by atoms with van der Waals surface area (Å²) in [5.41, 5.74) is -1.04. The van der Waals surface area contributed by atoms with E-state index in [1.807, 2.05) is 0 Å². The van der Waals surface area contributed by atoms with Crippen LogP contribution in [-0.4, -0.2) is 31.8 Å². The van der Waals surface area contributed by atoms with Crippen molar-refractivity contribution >= 4 is 6.29 Å². The highest BCUT2D eigenvalue weighted by molar-refractivity contribution is 5.51. The maximum Gasteiger partial charge on any atom is 0.138 e. The van der Waals surface area contributed by atoms with E-state index >= 15 is 0 Å². The fraction of sp³-hybridized carbons (Fsp3) is 0.727. The number of carbonyl (C=O) groups excluding carboxylic acids is 1. The van der Waals surface area contributed by atoms with Crippen LogP contribution in [0.25, 0.3) is 0 Å². The van der Waals surface area contributed by atoms with Gasteiger partial charge in [-0.15, -0.1) is 0 Å². The molecule has 0 radical (unpaired) electrons. The maximum absolute atomic E-state index is 10.4. The predicted molar refractivity (Wildman–Crippen MR) is 59.9 cm³/mol. The minimum absolute atomic E-state index is 0.113. The van der Waals surface area contributed by atoms with Crippen molar-refractivity contribution in [1.82, 2.24) is 14.8 Å². The fourth-order valence-corrected chi connectivity index (χ4v) is 1.52. The summed E-state index contributed by atoms with van der Waals surface area (Å²) in [5.74, 6) is 1.19. The van der Waals surface area contributed by atoms with Gasteiger partial charge in [-0.1, -0.05) is 13.8 Å². The van der Waals surface area contributed by atoms with Gasteiger partial charge in [-0.25, -0.2) is 9.67 Å². The van der Waals surface area contributed by atoms with Gasteiger partial charge in [-0.3, -0.25) is 0 Å². The summed E-state index contributed by atoms with van der Waals surface area (Å²) in [4.78, 5) is 14.5. The Morgan fingerprint density at radius 1 is 1.62 bits per heavy atom. The van der Waals surface area contributed by atoms with Gasteiger partial charge in [-0.2, -0.15) is 5.10 Å². The first-order valence-electron chi connectivity index (χ1n) is 5.47. The summed E-state index contributed by atoms with van der Waals surface area (Å²) in [6.45, 7) is 6.59. The van der Waals surface area contributed by atoms with Gasteiger partial charge in [0.1, 0.15) is 18.4 Å². The number of carbonyl (C=O) groups is 1. The Morgan fingerprint density at radius 2 is 2.31 bits per heavy atom. The van der Waals surface area contributed by atoms with Crippen LogP contribution >= 0.6 is 0 Å². The zero-order chi connectivity index (χ0) is 12.2. The Labute approximate surface area is 95.5 Å². The zero-order valence-electron chi connectivity index (χ0n) is 10.1. The van der Waals surface area contributed by atoms with Gasteiger partial charge in [0, 0.05) is 19.4 Å². The van der Waals surface area contributed by atoms with Crippen molar-refractivity contribution in [3.8, 4) is 0 Å². The van der Waals surface area contributed by atoms with Crippen molar-refractivity contribution in [2.24, 2.45) is 5.92 Å². The van der Waals surface area contributed by atoms with E-state index in [1.165, 1.54) is 6.33 Å². The van der Waals surface area contributed by atoms with Crippen LogP contribution in [0.4, 0.5) is 0 Å².